The second kappa shape index (κ2) is 6.46. The van der Waals surface area contributed by atoms with Gasteiger partial charge in [-0.2, -0.15) is 0 Å². The molecule has 0 aliphatic carbocycles. The Labute approximate surface area is 139 Å². The van der Waals surface area contributed by atoms with Crippen LogP contribution in [-0.4, -0.2) is 18.0 Å². The fourth-order valence-corrected chi connectivity index (χ4v) is 2.82. The van der Waals surface area contributed by atoms with Crippen LogP contribution in [0.2, 0.25) is 5.02 Å². The predicted octanol–water partition coefficient (Wildman–Crippen LogP) is 4.95. The minimum absolute atomic E-state index is 0.0371. The zero-order chi connectivity index (χ0) is 16.4. The largest absolute Gasteiger partial charge is 0.457 e. The fraction of sp³-hybridized carbons (Fsp3) is 0.294. The van der Waals surface area contributed by atoms with Crippen molar-refractivity contribution in [2.24, 2.45) is 0 Å². The van der Waals surface area contributed by atoms with Crippen LogP contribution in [0.25, 0.3) is 0 Å². The summed E-state index contributed by atoms with van der Waals surface area (Å²) in [5.74, 6) is 1.07. The number of ether oxygens (including phenoxy) is 1. The van der Waals surface area contributed by atoms with Crippen molar-refractivity contribution in [3.8, 4) is 11.5 Å². The second-order valence-electron chi connectivity index (χ2n) is 5.65. The molecule has 120 valence electrons. The third-order valence-electron chi connectivity index (χ3n) is 3.92. The molecule has 6 heteroatoms. The molecular formula is C17H17ClN2O3. The molecule has 1 heterocycles. The Kier molecular flexibility index (Phi) is 4.39. The van der Waals surface area contributed by atoms with Crippen molar-refractivity contribution < 1.29 is 9.66 Å². The average Bonchev–Trinajstić information content (AvgIpc) is 3.05. The van der Waals surface area contributed by atoms with Gasteiger partial charge < -0.3 is 9.64 Å². The summed E-state index contributed by atoms with van der Waals surface area (Å²) in [6.45, 7) is 3.72. The summed E-state index contributed by atoms with van der Waals surface area (Å²) in [5, 5.41) is 11.8. The highest BCUT2D eigenvalue weighted by atomic mass is 35.5. The molecule has 1 saturated heterocycles. The van der Waals surface area contributed by atoms with E-state index in [4.69, 9.17) is 16.3 Å². The summed E-state index contributed by atoms with van der Waals surface area (Å²) in [6, 6.07) is 10.2. The van der Waals surface area contributed by atoms with E-state index in [2.05, 4.69) is 4.90 Å². The van der Waals surface area contributed by atoms with Crippen LogP contribution in [0.5, 0.6) is 11.5 Å². The maximum atomic E-state index is 11.2. The van der Waals surface area contributed by atoms with Crippen LogP contribution in [0.1, 0.15) is 18.4 Å². The summed E-state index contributed by atoms with van der Waals surface area (Å²) in [5.41, 5.74) is 1.77. The van der Waals surface area contributed by atoms with Gasteiger partial charge in [-0.1, -0.05) is 11.6 Å². The van der Waals surface area contributed by atoms with Crippen molar-refractivity contribution in [1.29, 1.82) is 0 Å². The van der Waals surface area contributed by atoms with Crippen LogP contribution in [-0.2, 0) is 0 Å². The van der Waals surface area contributed by atoms with Gasteiger partial charge in [-0.05, 0) is 43.5 Å². The van der Waals surface area contributed by atoms with Gasteiger partial charge in [0.1, 0.15) is 11.5 Å². The number of non-ortho nitro benzene ring substituents is 1. The third-order valence-corrected chi connectivity index (χ3v) is 4.35. The molecule has 2 aromatic carbocycles. The number of rotatable bonds is 4. The first-order valence-corrected chi connectivity index (χ1v) is 7.89. The first-order valence-electron chi connectivity index (χ1n) is 7.51. The van der Waals surface area contributed by atoms with E-state index < -0.39 is 0 Å². The van der Waals surface area contributed by atoms with Gasteiger partial charge in [0.15, 0.2) is 0 Å². The van der Waals surface area contributed by atoms with Gasteiger partial charge in [0.05, 0.1) is 11.0 Å². The molecule has 0 atom stereocenters. The minimum Gasteiger partial charge on any atom is -0.457 e. The molecule has 1 aliphatic heterocycles. The van der Waals surface area contributed by atoms with Crippen LogP contribution >= 0.6 is 11.6 Å². The Balaban J connectivity index is 1.93. The number of nitro groups is 1. The average molecular weight is 333 g/mol. The molecule has 0 unspecified atom stereocenters. The summed E-state index contributed by atoms with van der Waals surface area (Å²) in [4.78, 5) is 12.9. The van der Waals surface area contributed by atoms with Crippen LogP contribution in [0, 0.1) is 17.0 Å². The Morgan fingerprint density at radius 2 is 1.87 bits per heavy atom. The fourth-order valence-electron chi connectivity index (χ4n) is 2.71. The highest BCUT2D eigenvalue weighted by Crippen LogP contribution is 2.33. The molecule has 0 amide bonds. The zero-order valence-corrected chi connectivity index (χ0v) is 13.5. The van der Waals surface area contributed by atoms with E-state index in [9.17, 15) is 10.1 Å². The Hall–Kier alpha value is -2.27. The number of benzene rings is 2. The summed E-state index contributed by atoms with van der Waals surface area (Å²) in [7, 11) is 0. The molecule has 1 aliphatic rings. The number of nitro benzene ring substituents is 1. The van der Waals surface area contributed by atoms with Gasteiger partial charge in [0.2, 0.25) is 0 Å². The van der Waals surface area contributed by atoms with Crippen LogP contribution in [0.15, 0.2) is 36.4 Å². The van der Waals surface area contributed by atoms with Gasteiger partial charge in [-0.15, -0.1) is 0 Å². The van der Waals surface area contributed by atoms with E-state index in [-0.39, 0.29) is 10.6 Å². The first kappa shape index (κ1) is 15.6. The standard InChI is InChI=1S/C17H17ClN2O3/c1-12-8-15(4-5-17(12)18)23-16-10-13(19-6-2-3-7-19)9-14(11-16)20(21)22/h4-5,8-11H,2-3,6-7H2,1H3. The van der Waals surface area contributed by atoms with Crippen LogP contribution in [0.4, 0.5) is 11.4 Å². The number of hydrogen-bond donors (Lipinski definition) is 0. The molecule has 3 rings (SSSR count). The van der Waals surface area contributed by atoms with E-state index in [1.165, 1.54) is 6.07 Å². The maximum absolute atomic E-state index is 11.2. The number of nitrogens with zero attached hydrogens (tertiary/aromatic N) is 2. The Morgan fingerprint density at radius 1 is 1.13 bits per heavy atom. The third kappa shape index (κ3) is 3.56. The topological polar surface area (TPSA) is 55.6 Å². The number of aryl methyl sites for hydroxylation is 1. The minimum atomic E-state index is -0.389. The van der Waals surface area contributed by atoms with Crippen LogP contribution in [0.3, 0.4) is 0 Å². The Bertz CT molecular complexity index is 743. The molecule has 2 aromatic rings. The van der Waals surface area contributed by atoms with Crippen molar-refractivity contribution in [2.45, 2.75) is 19.8 Å². The van der Waals surface area contributed by atoms with E-state index in [0.717, 1.165) is 37.2 Å². The monoisotopic (exact) mass is 332 g/mol. The highest BCUT2D eigenvalue weighted by molar-refractivity contribution is 6.31. The predicted molar refractivity (Wildman–Crippen MR) is 90.8 cm³/mol. The lowest BCUT2D eigenvalue weighted by atomic mass is 10.2. The van der Waals surface area contributed by atoms with E-state index >= 15 is 0 Å². The summed E-state index contributed by atoms with van der Waals surface area (Å²) in [6.07, 6.45) is 2.21. The van der Waals surface area contributed by atoms with Gasteiger partial charge >= 0.3 is 0 Å². The van der Waals surface area contributed by atoms with Gasteiger partial charge in [-0.25, -0.2) is 0 Å². The molecule has 0 bridgehead atoms. The van der Waals surface area contributed by atoms with Crippen molar-refractivity contribution in [1.82, 2.24) is 0 Å². The lowest BCUT2D eigenvalue weighted by Gasteiger charge is -2.18. The molecule has 1 fully saturated rings. The zero-order valence-electron chi connectivity index (χ0n) is 12.8. The van der Waals surface area contributed by atoms with Crippen molar-refractivity contribution in [3.63, 3.8) is 0 Å². The van der Waals surface area contributed by atoms with Crippen molar-refractivity contribution in [3.05, 3.63) is 57.1 Å². The van der Waals surface area contributed by atoms with Gasteiger partial charge in [0, 0.05) is 35.9 Å². The molecular weight excluding hydrogens is 316 g/mol. The SMILES string of the molecule is Cc1cc(Oc2cc(N3CCCC3)cc([N+](=O)[O-])c2)ccc1Cl. The van der Waals surface area contributed by atoms with Gasteiger partial charge in [-0.3, -0.25) is 10.1 Å². The lowest BCUT2D eigenvalue weighted by molar-refractivity contribution is -0.384. The van der Waals surface area contributed by atoms with Crippen molar-refractivity contribution >= 4 is 23.0 Å². The maximum Gasteiger partial charge on any atom is 0.275 e. The number of anilines is 1. The lowest BCUT2D eigenvalue weighted by Crippen LogP contribution is -2.17. The summed E-state index contributed by atoms with van der Waals surface area (Å²) >= 11 is 6.01. The number of hydrogen-bond acceptors (Lipinski definition) is 4. The van der Waals surface area contributed by atoms with Crippen LogP contribution < -0.4 is 9.64 Å². The van der Waals surface area contributed by atoms with Crippen molar-refractivity contribution in [2.75, 3.05) is 18.0 Å². The first-order chi connectivity index (χ1) is 11.0. The second-order valence-corrected chi connectivity index (χ2v) is 6.06. The smallest absolute Gasteiger partial charge is 0.275 e. The normalized spacial score (nSPS) is 14.1. The molecule has 23 heavy (non-hydrogen) atoms. The quantitative estimate of drug-likeness (QED) is 0.587. The van der Waals surface area contributed by atoms with E-state index in [1.807, 2.05) is 19.1 Å². The van der Waals surface area contributed by atoms with E-state index in [1.54, 1.807) is 18.2 Å². The number of halogens is 1. The molecule has 5 nitrogen and oxygen atoms in total. The van der Waals surface area contributed by atoms with E-state index in [0.29, 0.717) is 16.5 Å². The molecule has 0 spiro atoms. The summed E-state index contributed by atoms with van der Waals surface area (Å²) < 4.78 is 5.82. The van der Waals surface area contributed by atoms with Gasteiger partial charge in [0.25, 0.3) is 5.69 Å². The molecule has 0 aromatic heterocycles. The molecule has 0 radical (unpaired) electrons. The highest BCUT2D eigenvalue weighted by Gasteiger charge is 2.18. The molecule has 0 N–H and O–H groups in total. The molecule has 0 saturated carbocycles. The Morgan fingerprint density at radius 3 is 2.52 bits per heavy atom.